The minimum atomic E-state index is -0.946. The minimum Gasteiger partial charge on any atom is -0.491 e. The molecule has 4 rings (SSSR count). The second-order valence-corrected chi connectivity index (χ2v) is 12.6. The first kappa shape index (κ1) is 32.5. The van der Waals surface area contributed by atoms with Gasteiger partial charge in [-0.1, -0.05) is 69.4 Å². The van der Waals surface area contributed by atoms with E-state index in [0.717, 1.165) is 18.4 Å². The summed E-state index contributed by atoms with van der Waals surface area (Å²) < 4.78 is 5.93. The van der Waals surface area contributed by atoms with Gasteiger partial charge in [0.1, 0.15) is 5.75 Å². The monoisotopic (exact) mass is 591 g/mol. The molecule has 3 amide bonds. The lowest BCUT2D eigenvalue weighted by Crippen LogP contribution is -2.46. The van der Waals surface area contributed by atoms with Gasteiger partial charge in [-0.3, -0.25) is 14.4 Å². The molecular weight excluding hydrogens is 542 g/mol. The second-order valence-electron chi connectivity index (χ2n) is 12.6. The molecule has 2 aromatic carbocycles. The number of aliphatic hydroxyl groups is 1. The largest absolute Gasteiger partial charge is 0.491 e. The molecule has 0 bridgehead atoms. The number of aliphatic hydroxyl groups excluding tert-OH is 1. The first-order chi connectivity index (χ1) is 20.7. The van der Waals surface area contributed by atoms with E-state index in [2.05, 4.69) is 10.6 Å². The lowest BCUT2D eigenvalue weighted by Gasteiger charge is -2.27. The molecule has 8 heteroatoms. The molecular formula is C35H49N3O5. The Morgan fingerprint density at radius 1 is 1.02 bits per heavy atom. The molecule has 8 nitrogen and oxygen atoms in total. The molecule has 1 heterocycles. The summed E-state index contributed by atoms with van der Waals surface area (Å²) in [5.41, 5.74) is 1.95. The fourth-order valence-corrected chi connectivity index (χ4v) is 6.22. The van der Waals surface area contributed by atoms with E-state index < -0.39 is 18.1 Å². The number of rotatable bonds is 14. The summed E-state index contributed by atoms with van der Waals surface area (Å²) >= 11 is 0. The molecule has 0 spiro atoms. The van der Waals surface area contributed by atoms with Gasteiger partial charge in [-0.25, -0.2) is 0 Å². The van der Waals surface area contributed by atoms with Crippen LogP contribution in [0.25, 0.3) is 0 Å². The maximum absolute atomic E-state index is 13.7. The van der Waals surface area contributed by atoms with Gasteiger partial charge in [0.05, 0.1) is 18.2 Å². The number of carbonyl (C=O) groups excluding carboxylic acids is 3. The van der Waals surface area contributed by atoms with Gasteiger partial charge in [-0.05, 0) is 63.1 Å². The summed E-state index contributed by atoms with van der Waals surface area (Å²) in [4.78, 5) is 40.8. The van der Waals surface area contributed by atoms with Crippen LogP contribution in [-0.4, -0.2) is 54.2 Å². The van der Waals surface area contributed by atoms with Gasteiger partial charge in [0.25, 0.3) is 5.91 Å². The van der Waals surface area contributed by atoms with Gasteiger partial charge in [0.15, 0.2) is 0 Å². The summed E-state index contributed by atoms with van der Waals surface area (Å²) in [6, 6.07) is 14.2. The molecule has 43 heavy (non-hydrogen) atoms. The molecule has 0 aromatic heterocycles. The van der Waals surface area contributed by atoms with Gasteiger partial charge in [-0.15, -0.1) is 0 Å². The van der Waals surface area contributed by atoms with Crippen molar-refractivity contribution in [3.63, 3.8) is 0 Å². The predicted octanol–water partition coefficient (Wildman–Crippen LogP) is 5.42. The summed E-state index contributed by atoms with van der Waals surface area (Å²) in [7, 11) is 0. The van der Waals surface area contributed by atoms with Crippen LogP contribution in [0.5, 0.6) is 5.75 Å². The van der Waals surface area contributed by atoms with E-state index in [-0.39, 0.29) is 30.2 Å². The highest BCUT2D eigenvalue weighted by atomic mass is 16.5. The van der Waals surface area contributed by atoms with E-state index in [1.54, 1.807) is 23.1 Å². The average molecular weight is 592 g/mol. The number of benzene rings is 2. The van der Waals surface area contributed by atoms with Gasteiger partial charge < -0.3 is 25.4 Å². The number of hydrogen-bond donors (Lipinski definition) is 3. The molecule has 3 atom stereocenters. The van der Waals surface area contributed by atoms with Crippen LogP contribution >= 0.6 is 0 Å². The Kier molecular flexibility index (Phi) is 12.0. The molecule has 3 N–H and O–H groups in total. The number of nitrogens with one attached hydrogen (secondary N) is 2. The molecule has 0 radical (unpaired) electrons. The maximum Gasteiger partial charge on any atom is 0.251 e. The third-order valence-corrected chi connectivity index (χ3v) is 8.61. The van der Waals surface area contributed by atoms with E-state index in [0.29, 0.717) is 48.8 Å². The summed E-state index contributed by atoms with van der Waals surface area (Å²) in [5.74, 6) is 0.373. The fourth-order valence-electron chi connectivity index (χ4n) is 6.22. The summed E-state index contributed by atoms with van der Waals surface area (Å²) in [6.45, 7) is 6.90. The Morgan fingerprint density at radius 3 is 2.44 bits per heavy atom. The average Bonchev–Trinajstić information content (AvgIpc) is 3.43. The van der Waals surface area contributed by atoms with Crippen LogP contribution < -0.4 is 20.3 Å². The number of nitrogens with zero attached hydrogens (tertiary/aromatic N) is 1. The molecule has 2 fully saturated rings. The number of anilines is 1. The van der Waals surface area contributed by atoms with Crippen molar-refractivity contribution >= 4 is 23.4 Å². The smallest absolute Gasteiger partial charge is 0.251 e. The third-order valence-electron chi connectivity index (χ3n) is 8.61. The van der Waals surface area contributed by atoms with Crippen LogP contribution in [0.15, 0.2) is 48.5 Å². The minimum absolute atomic E-state index is 0.0245. The Morgan fingerprint density at radius 2 is 1.77 bits per heavy atom. The summed E-state index contributed by atoms with van der Waals surface area (Å²) in [6.07, 6.45) is 8.18. The van der Waals surface area contributed by atoms with E-state index in [9.17, 15) is 19.5 Å². The van der Waals surface area contributed by atoms with Gasteiger partial charge in [0.2, 0.25) is 11.8 Å². The normalized spacial score (nSPS) is 17.9. The zero-order chi connectivity index (χ0) is 30.8. The van der Waals surface area contributed by atoms with Crippen LogP contribution in [0.2, 0.25) is 0 Å². The van der Waals surface area contributed by atoms with Crippen molar-refractivity contribution in [1.82, 2.24) is 10.6 Å². The molecule has 2 aliphatic rings. The predicted molar refractivity (Wildman–Crippen MR) is 169 cm³/mol. The number of ether oxygens (including phenoxy) is 1. The standard InChI is InChI=1S/C35H49N3O5/c1-24(2)43-30-22-28(21-29(23-30)38-18-10-15-33(38)40)35(42)37-31(20-27-13-8-5-9-14-27)32(39)19-25(3)34(41)36-17-16-26-11-6-4-7-12-26/h5,8-9,13-14,21-26,31-32,39H,4,6-7,10-12,15-20H2,1-3H3,(H,36,41)(H,37,42). The maximum atomic E-state index is 13.7. The SMILES string of the molecule is CC(C)Oc1cc(C(=O)NC(Cc2ccccc2)C(O)CC(C)C(=O)NCCC2CCCCC2)cc(N2CCCC2=O)c1. The number of amides is 3. The van der Waals surface area contributed by atoms with Crippen molar-refractivity contribution in [1.29, 1.82) is 0 Å². The van der Waals surface area contributed by atoms with Crippen LogP contribution in [0.3, 0.4) is 0 Å². The highest BCUT2D eigenvalue weighted by Crippen LogP contribution is 2.29. The zero-order valence-corrected chi connectivity index (χ0v) is 26.0. The van der Waals surface area contributed by atoms with Gasteiger partial charge >= 0.3 is 0 Å². The van der Waals surface area contributed by atoms with Gasteiger partial charge in [-0.2, -0.15) is 0 Å². The first-order valence-electron chi connectivity index (χ1n) is 16.1. The van der Waals surface area contributed by atoms with E-state index in [4.69, 9.17) is 4.74 Å². The van der Waals surface area contributed by atoms with Crippen LogP contribution in [0, 0.1) is 11.8 Å². The Balaban J connectivity index is 1.45. The highest BCUT2D eigenvalue weighted by Gasteiger charge is 2.28. The van der Waals surface area contributed by atoms with Crippen molar-refractivity contribution in [2.24, 2.45) is 11.8 Å². The number of carbonyl (C=O) groups is 3. The number of hydrogen-bond acceptors (Lipinski definition) is 5. The quantitative estimate of drug-likeness (QED) is 0.272. The molecule has 1 saturated carbocycles. The molecule has 3 unspecified atom stereocenters. The van der Waals surface area contributed by atoms with Crippen LogP contribution in [-0.2, 0) is 16.0 Å². The molecule has 1 aliphatic carbocycles. The zero-order valence-electron chi connectivity index (χ0n) is 26.0. The highest BCUT2D eigenvalue weighted by molar-refractivity contribution is 5.99. The molecule has 234 valence electrons. The van der Waals surface area contributed by atoms with Crippen LogP contribution in [0.4, 0.5) is 5.69 Å². The first-order valence-corrected chi connectivity index (χ1v) is 16.1. The lowest BCUT2D eigenvalue weighted by molar-refractivity contribution is -0.125. The van der Waals surface area contributed by atoms with Crippen molar-refractivity contribution in [2.75, 3.05) is 18.0 Å². The van der Waals surface area contributed by atoms with Crippen molar-refractivity contribution in [3.05, 3.63) is 59.7 Å². The Bertz CT molecular complexity index is 1210. The Hall–Kier alpha value is -3.39. The van der Waals surface area contributed by atoms with Crippen LogP contribution in [0.1, 0.15) is 94.5 Å². The topological polar surface area (TPSA) is 108 Å². The van der Waals surface area contributed by atoms with Crippen molar-refractivity contribution in [3.8, 4) is 5.75 Å². The second kappa shape index (κ2) is 15.9. The Labute approximate surface area is 256 Å². The van der Waals surface area contributed by atoms with E-state index in [1.165, 1.54) is 32.1 Å². The van der Waals surface area contributed by atoms with Crippen molar-refractivity contribution < 1.29 is 24.2 Å². The molecule has 1 aliphatic heterocycles. The molecule has 2 aromatic rings. The summed E-state index contributed by atoms with van der Waals surface area (Å²) in [5, 5.41) is 17.5. The fraction of sp³-hybridized carbons (Fsp3) is 0.571. The van der Waals surface area contributed by atoms with Crippen molar-refractivity contribution in [2.45, 2.75) is 103 Å². The molecule has 1 saturated heterocycles. The van der Waals surface area contributed by atoms with E-state index >= 15 is 0 Å². The lowest BCUT2D eigenvalue weighted by atomic mass is 9.87. The van der Waals surface area contributed by atoms with Gasteiger partial charge in [0, 0.05) is 42.7 Å². The third kappa shape index (κ3) is 9.82. The van der Waals surface area contributed by atoms with E-state index in [1.807, 2.05) is 51.1 Å².